The first-order valence-electron chi connectivity index (χ1n) is 10.5. The van der Waals surface area contributed by atoms with Gasteiger partial charge in [0.1, 0.15) is 11.5 Å². The summed E-state index contributed by atoms with van der Waals surface area (Å²) in [4.78, 5) is 1.72. The van der Waals surface area contributed by atoms with Gasteiger partial charge in [-0.25, -0.2) is 0 Å². The van der Waals surface area contributed by atoms with E-state index in [2.05, 4.69) is 19.3 Å². The van der Waals surface area contributed by atoms with Crippen LogP contribution in [0, 0.1) is 13.8 Å². The monoisotopic (exact) mass is 538 g/mol. The van der Waals surface area contributed by atoms with E-state index < -0.39 is 0 Å². The van der Waals surface area contributed by atoms with Crippen LogP contribution in [0.15, 0.2) is 114 Å². The summed E-state index contributed by atoms with van der Waals surface area (Å²) >= 11 is 14.9. The lowest BCUT2D eigenvalue weighted by Gasteiger charge is -2.05. The molecule has 0 N–H and O–H groups in total. The Balaban J connectivity index is 1.29. The summed E-state index contributed by atoms with van der Waals surface area (Å²) < 4.78 is 14.2. The van der Waals surface area contributed by atoms with Crippen molar-refractivity contribution in [2.24, 2.45) is 19.3 Å². The number of aryl methyl sites for hydroxylation is 2. The van der Waals surface area contributed by atoms with Crippen LogP contribution < -0.4 is 4.74 Å². The van der Waals surface area contributed by atoms with Gasteiger partial charge in [-0.2, -0.15) is 0 Å². The molecule has 0 radical (unpaired) electrons. The summed E-state index contributed by atoms with van der Waals surface area (Å²) in [6.45, 7) is 3.99. The molecule has 0 fully saturated rings. The van der Waals surface area contributed by atoms with Crippen molar-refractivity contribution in [3.8, 4) is 11.5 Å². The highest BCUT2D eigenvalue weighted by molar-refractivity contribution is 7.98. The molecular weight excluding hydrogens is 519 g/mol. The third-order valence-electron chi connectivity index (χ3n) is 4.67. The van der Waals surface area contributed by atoms with Crippen LogP contribution in [0.2, 0.25) is 10.0 Å². The van der Waals surface area contributed by atoms with Gasteiger partial charge in [-0.1, -0.05) is 35.3 Å². The molecule has 0 aromatic heterocycles. The molecule has 0 heterocycles. The fourth-order valence-corrected chi connectivity index (χ4v) is 4.55. The topological polar surface area (TPSA) is 58.7 Å². The maximum Gasteiger partial charge on any atom is 0.127 e. The van der Waals surface area contributed by atoms with Crippen molar-refractivity contribution in [1.29, 1.82) is 0 Å². The molecule has 0 amide bonds. The lowest BCUT2D eigenvalue weighted by atomic mass is 10.2. The number of halogens is 2. The van der Waals surface area contributed by atoms with Crippen LogP contribution in [0.25, 0.3) is 0 Å². The Morgan fingerprint density at radius 3 is 1.34 bits per heavy atom. The van der Waals surface area contributed by atoms with Gasteiger partial charge >= 0.3 is 0 Å². The Morgan fingerprint density at radius 2 is 0.971 bits per heavy atom. The average molecular weight is 540 g/mol. The molecule has 4 rings (SSSR count). The smallest absolute Gasteiger partial charge is 0.127 e. The van der Waals surface area contributed by atoms with Crippen LogP contribution in [0.1, 0.15) is 11.1 Å². The minimum Gasteiger partial charge on any atom is -0.457 e. The third-order valence-corrected chi connectivity index (χ3v) is 6.96. The highest BCUT2D eigenvalue weighted by Gasteiger charge is 2.03. The third kappa shape index (κ3) is 7.57. The number of hydrogen-bond acceptors (Lipinski definition) is 7. The standard InChI is InChI=1S/C26H20Cl2N4OS2/c1-17-3-13-25(23(27)15-17)34-31-29-19-5-9-21(10-6-19)33-22-11-7-20(8-12-22)30-32-35-26-14-4-18(2)16-24(26)28/h3-16H,1-2H3. The van der Waals surface area contributed by atoms with Crippen molar-refractivity contribution in [2.45, 2.75) is 23.6 Å². The van der Waals surface area contributed by atoms with E-state index in [9.17, 15) is 0 Å². The molecule has 176 valence electrons. The second kappa shape index (κ2) is 12.2. The molecule has 0 atom stereocenters. The zero-order valence-electron chi connectivity index (χ0n) is 18.9. The fourth-order valence-electron chi connectivity index (χ4n) is 2.88. The van der Waals surface area contributed by atoms with E-state index in [4.69, 9.17) is 27.9 Å². The van der Waals surface area contributed by atoms with Crippen LogP contribution in [-0.4, -0.2) is 0 Å². The van der Waals surface area contributed by atoms with Crippen molar-refractivity contribution in [3.63, 3.8) is 0 Å². The molecule has 0 aliphatic rings. The molecule has 0 aliphatic carbocycles. The molecule has 0 saturated heterocycles. The van der Waals surface area contributed by atoms with Gasteiger partial charge in [-0.3, -0.25) is 0 Å². The maximum atomic E-state index is 6.22. The second-order valence-corrected chi connectivity index (χ2v) is 9.89. The summed E-state index contributed by atoms with van der Waals surface area (Å²) in [5, 5.41) is 9.78. The molecule has 35 heavy (non-hydrogen) atoms. The summed E-state index contributed by atoms with van der Waals surface area (Å²) in [6.07, 6.45) is 0. The molecular formula is C26H20Cl2N4OS2. The van der Waals surface area contributed by atoms with Crippen molar-refractivity contribution in [3.05, 3.63) is 106 Å². The van der Waals surface area contributed by atoms with E-state index in [0.717, 1.165) is 32.3 Å². The van der Waals surface area contributed by atoms with Gasteiger partial charge in [0.05, 0.1) is 31.2 Å². The van der Waals surface area contributed by atoms with Gasteiger partial charge in [0.15, 0.2) is 0 Å². The van der Waals surface area contributed by atoms with Crippen LogP contribution in [0.4, 0.5) is 11.4 Å². The normalized spacial score (nSPS) is 11.4. The molecule has 0 aliphatic heterocycles. The minimum absolute atomic E-state index is 0.666. The van der Waals surface area contributed by atoms with Gasteiger partial charge < -0.3 is 4.74 Å². The van der Waals surface area contributed by atoms with Crippen molar-refractivity contribution in [1.82, 2.24) is 0 Å². The summed E-state index contributed by atoms with van der Waals surface area (Å²) in [7, 11) is 0. The Kier molecular flexibility index (Phi) is 8.82. The van der Waals surface area contributed by atoms with Crippen molar-refractivity contribution >= 4 is 58.5 Å². The Labute approximate surface area is 222 Å². The molecule has 4 aromatic carbocycles. The summed E-state index contributed by atoms with van der Waals surface area (Å²) in [6, 6.07) is 26.4. The van der Waals surface area contributed by atoms with Gasteiger partial charge in [0, 0.05) is 23.9 Å². The van der Waals surface area contributed by atoms with Crippen LogP contribution in [-0.2, 0) is 0 Å². The first-order valence-corrected chi connectivity index (χ1v) is 12.8. The predicted octanol–water partition coefficient (Wildman–Crippen LogP) is 11.0. The quantitative estimate of drug-likeness (QED) is 0.165. The molecule has 0 saturated carbocycles. The molecule has 0 bridgehead atoms. The number of rotatable bonds is 8. The number of hydrogen-bond donors (Lipinski definition) is 0. The Bertz CT molecular complexity index is 1260. The summed E-state index contributed by atoms with van der Waals surface area (Å²) in [5.41, 5.74) is 3.65. The van der Waals surface area contributed by atoms with Crippen molar-refractivity contribution < 1.29 is 4.74 Å². The van der Waals surface area contributed by atoms with Gasteiger partial charge in [-0.05, 0) is 97.8 Å². The van der Waals surface area contributed by atoms with E-state index >= 15 is 0 Å². The molecule has 0 spiro atoms. The molecule has 9 heteroatoms. The highest BCUT2D eigenvalue weighted by atomic mass is 35.5. The van der Waals surface area contributed by atoms with Gasteiger partial charge in [0.25, 0.3) is 0 Å². The van der Waals surface area contributed by atoms with E-state index in [1.165, 1.54) is 23.9 Å². The molecule has 5 nitrogen and oxygen atoms in total. The minimum atomic E-state index is 0.666. The molecule has 0 unspecified atom stereocenters. The number of benzene rings is 4. The lowest BCUT2D eigenvalue weighted by molar-refractivity contribution is 0.483. The number of nitrogens with zero attached hydrogens (tertiary/aromatic N) is 4. The second-order valence-electron chi connectivity index (χ2n) is 7.50. The zero-order valence-corrected chi connectivity index (χ0v) is 22.0. The molecule has 4 aromatic rings. The summed E-state index contributed by atoms with van der Waals surface area (Å²) in [5.74, 6) is 1.38. The number of ether oxygens (including phenoxy) is 1. The first-order chi connectivity index (χ1) is 17.0. The maximum absolute atomic E-state index is 6.22. The van der Waals surface area contributed by atoms with Crippen LogP contribution in [0.3, 0.4) is 0 Å². The predicted molar refractivity (Wildman–Crippen MR) is 146 cm³/mol. The fraction of sp³-hybridized carbons (Fsp3) is 0.0769. The van der Waals surface area contributed by atoms with Crippen LogP contribution >= 0.6 is 47.1 Å². The van der Waals surface area contributed by atoms with E-state index in [1.54, 1.807) is 0 Å². The van der Waals surface area contributed by atoms with Gasteiger partial charge in [-0.15, -0.1) is 19.3 Å². The highest BCUT2D eigenvalue weighted by Crippen LogP contribution is 2.32. The van der Waals surface area contributed by atoms with Crippen LogP contribution in [0.5, 0.6) is 11.5 Å². The Morgan fingerprint density at radius 1 is 0.571 bits per heavy atom. The van der Waals surface area contributed by atoms with Gasteiger partial charge in [0.2, 0.25) is 0 Å². The van der Waals surface area contributed by atoms with E-state index in [1.807, 2.05) is 98.8 Å². The first kappa shape index (κ1) is 25.3. The Hall–Kier alpha value is -2.84. The van der Waals surface area contributed by atoms with E-state index in [-0.39, 0.29) is 0 Å². The SMILES string of the molecule is Cc1ccc(SN=Nc2ccc(Oc3ccc(N=NSc4ccc(C)cc4Cl)cc3)cc2)c(Cl)c1. The largest absolute Gasteiger partial charge is 0.457 e. The zero-order chi connectivity index (χ0) is 24.6. The average Bonchev–Trinajstić information content (AvgIpc) is 2.84. The lowest BCUT2D eigenvalue weighted by Crippen LogP contribution is -1.82. The van der Waals surface area contributed by atoms with E-state index in [0.29, 0.717) is 21.5 Å². The van der Waals surface area contributed by atoms with Crippen molar-refractivity contribution in [2.75, 3.05) is 0 Å².